The maximum atomic E-state index is 12.3. The van der Waals surface area contributed by atoms with Gasteiger partial charge in [-0.2, -0.15) is 0 Å². The number of nitrogens with zero attached hydrogens (tertiary/aromatic N) is 1. The molecule has 1 rings (SSSR count). The Morgan fingerprint density at radius 2 is 1.78 bits per heavy atom. The molecule has 5 nitrogen and oxygen atoms in total. The number of rotatable bonds is 10. The molecule has 0 saturated carbocycles. The van der Waals surface area contributed by atoms with Crippen LogP contribution in [0, 0.1) is 0 Å². The molecule has 0 aliphatic rings. The molecule has 0 radical (unpaired) electrons. The van der Waals surface area contributed by atoms with Crippen LogP contribution in [-0.4, -0.2) is 41.1 Å². The molecule has 0 aliphatic heterocycles. The van der Waals surface area contributed by atoms with Gasteiger partial charge >= 0.3 is 12.0 Å². The first-order chi connectivity index (χ1) is 11.1. The molecule has 1 aromatic carbocycles. The number of carbonyl (C=O) groups is 2. The highest BCUT2D eigenvalue weighted by atomic mass is 16.4. The summed E-state index contributed by atoms with van der Waals surface area (Å²) in [7, 11) is 0. The van der Waals surface area contributed by atoms with E-state index in [0.717, 1.165) is 5.56 Å². The minimum Gasteiger partial charge on any atom is -0.481 e. The van der Waals surface area contributed by atoms with Crippen LogP contribution in [-0.2, 0) is 11.2 Å². The van der Waals surface area contributed by atoms with Gasteiger partial charge < -0.3 is 15.3 Å². The van der Waals surface area contributed by atoms with E-state index in [0.29, 0.717) is 25.9 Å². The van der Waals surface area contributed by atoms with Crippen molar-refractivity contribution in [2.45, 2.75) is 25.3 Å². The average molecular weight is 316 g/mol. The van der Waals surface area contributed by atoms with Crippen LogP contribution in [0.1, 0.15) is 18.4 Å². The molecule has 1 aromatic rings. The molecule has 124 valence electrons. The third-order valence-corrected chi connectivity index (χ3v) is 3.35. The number of amides is 2. The Balaban J connectivity index is 2.73. The average Bonchev–Trinajstić information content (AvgIpc) is 2.53. The largest absolute Gasteiger partial charge is 0.481 e. The number of benzene rings is 1. The van der Waals surface area contributed by atoms with Crippen LogP contribution in [0.3, 0.4) is 0 Å². The number of carbonyl (C=O) groups excluding carboxylic acids is 1. The maximum absolute atomic E-state index is 12.3. The van der Waals surface area contributed by atoms with Crippen LogP contribution in [0.15, 0.2) is 55.6 Å². The Kier molecular flexibility index (Phi) is 8.21. The van der Waals surface area contributed by atoms with Crippen LogP contribution in [0.25, 0.3) is 0 Å². The highest BCUT2D eigenvalue weighted by molar-refractivity contribution is 5.75. The van der Waals surface area contributed by atoms with Crippen molar-refractivity contribution in [3.05, 3.63) is 61.2 Å². The van der Waals surface area contributed by atoms with Gasteiger partial charge in [-0.05, 0) is 18.4 Å². The molecule has 0 heterocycles. The van der Waals surface area contributed by atoms with E-state index in [1.165, 1.54) is 0 Å². The van der Waals surface area contributed by atoms with E-state index in [9.17, 15) is 9.59 Å². The van der Waals surface area contributed by atoms with Crippen LogP contribution >= 0.6 is 0 Å². The van der Waals surface area contributed by atoms with Gasteiger partial charge in [0.2, 0.25) is 0 Å². The standard InChI is InChI=1S/C18H24N2O3/c1-3-12-20(13-4-2)18(23)19-16(10-11-17(21)22)14-15-8-6-5-7-9-15/h3-9,16H,1-2,10-14H2,(H,19,23)(H,21,22). The lowest BCUT2D eigenvalue weighted by molar-refractivity contribution is -0.137. The predicted octanol–water partition coefficient (Wildman–Crippen LogP) is 2.85. The smallest absolute Gasteiger partial charge is 0.318 e. The number of carboxylic acids is 1. The number of hydrogen-bond donors (Lipinski definition) is 2. The van der Waals surface area contributed by atoms with Crippen molar-refractivity contribution in [1.29, 1.82) is 0 Å². The molecule has 23 heavy (non-hydrogen) atoms. The molecule has 0 bridgehead atoms. The van der Waals surface area contributed by atoms with Crippen molar-refractivity contribution in [2.75, 3.05) is 13.1 Å². The Labute approximate surface area is 137 Å². The van der Waals surface area contributed by atoms with Gasteiger partial charge in [0.15, 0.2) is 0 Å². The second kappa shape index (κ2) is 10.2. The molecule has 0 fully saturated rings. The quantitative estimate of drug-likeness (QED) is 0.652. The molecular formula is C18H24N2O3. The molecule has 1 atom stereocenters. The highest BCUT2D eigenvalue weighted by Crippen LogP contribution is 2.09. The van der Waals surface area contributed by atoms with Gasteiger partial charge in [-0.1, -0.05) is 42.5 Å². The van der Waals surface area contributed by atoms with Crippen molar-refractivity contribution in [3.63, 3.8) is 0 Å². The van der Waals surface area contributed by atoms with Gasteiger partial charge in [-0.15, -0.1) is 13.2 Å². The Bertz CT molecular complexity index is 518. The molecule has 2 amide bonds. The monoisotopic (exact) mass is 316 g/mol. The van der Waals surface area contributed by atoms with E-state index in [-0.39, 0.29) is 18.5 Å². The Morgan fingerprint density at radius 1 is 1.17 bits per heavy atom. The molecule has 0 aliphatic carbocycles. The van der Waals surface area contributed by atoms with Crippen molar-refractivity contribution in [1.82, 2.24) is 10.2 Å². The summed E-state index contributed by atoms with van der Waals surface area (Å²) in [6.45, 7) is 8.10. The van der Waals surface area contributed by atoms with E-state index >= 15 is 0 Å². The minimum atomic E-state index is -0.869. The van der Waals surface area contributed by atoms with E-state index < -0.39 is 5.97 Å². The summed E-state index contributed by atoms with van der Waals surface area (Å²) in [4.78, 5) is 24.7. The zero-order chi connectivity index (χ0) is 17.1. The van der Waals surface area contributed by atoms with Crippen LogP contribution < -0.4 is 5.32 Å². The maximum Gasteiger partial charge on any atom is 0.318 e. The van der Waals surface area contributed by atoms with Gasteiger partial charge in [0.1, 0.15) is 0 Å². The summed E-state index contributed by atoms with van der Waals surface area (Å²) in [5.41, 5.74) is 1.06. The van der Waals surface area contributed by atoms with E-state index in [2.05, 4.69) is 18.5 Å². The second-order valence-electron chi connectivity index (χ2n) is 5.25. The molecule has 0 saturated heterocycles. The first kappa shape index (κ1) is 18.5. The van der Waals surface area contributed by atoms with Gasteiger partial charge in [0.05, 0.1) is 0 Å². The second-order valence-corrected chi connectivity index (χ2v) is 5.25. The van der Waals surface area contributed by atoms with Crippen LogP contribution in [0.4, 0.5) is 4.79 Å². The minimum absolute atomic E-state index is 0.0146. The molecule has 0 aromatic heterocycles. The molecular weight excluding hydrogens is 292 g/mol. The topological polar surface area (TPSA) is 69.6 Å². The molecule has 0 spiro atoms. The fourth-order valence-corrected chi connectivity index (χ4v) is 2.24. The van der Waals surface area contributed by atoms with E-state index in [1.54, 1.807) is 17.1 Å². The summed E-state index contributed by atoms with van der Waals surface area (Å²) in [5.74, 6) is -0.869. The van der Waals surface area contributed by atoms with Crippen LogP contribution in [0.5, 0.6) is 0 Å². The summed E-state index contributed by atoms with van der Waals surface area (Å²) < 4.78 is 0. The number of hydrogen-bond acceptors (Lipinski definition) is 2. The van der Waals surface area contributed by atoms with E-state index in [4.69, 9.17) is 5.11 Å². The predicted molar refractivity (Wildman–Crippen MR) is 91.3 cm³/mol. The van der Waals surface area contributed by atoms with Gasteiger partial charge in [-0.3, -0.25) is 4.79 Å². The van der Waals surface area contributed by atoms with Crippen molar-refractivity contribution >= 4 is 12.0 Å². The lowest BCUT2D eigenvalue weighted by Crippen LogP contribution is -2.46. The Morgan fingerprint density at radius 3 is 2.30 bits per heavy atom. The van der Waals surface area contributed by atoms with Gasteiger partial charge in [0.25, 0.3) is 0 Å². The summed E-state index contributed by atoms with van der Waals surface area (Å²) in [6, 6.07) is 9.22. The fraction of sp³-hybridized carbons (Fsp3) is 0.333. The van der Waals surface area contributed by atoms with Crippen molar-refractivity contribution in [2.24, 2.45) is 0 Å². The number of nitrogens with one attached hydrogen (secondary N) is 1. The zero-order valence-corrected chi connectivity index (χ0v) is 13.3. The van der Waals surface area contributed by atoms with Crippen molar-refractivity contribution < 1.29 is 14.7 Å². The lowest BCUT2D eigenvalue weighted by atomic mass is 10.0. The Hall–Kier alpha value is -2.56. The first-order valence-corrected chi connectivity index (χ1v) is 7.59. The molecule has 1 unspecified atom stereocenters. The number of aliphatic carboxylic acids is 1. The highest BCUT2D eigenvalue weighted by Gasteiger charge is 2.18. The van der Waals surface area contributed by atoms with Gasteiger partial charge in [0, 0.05) is 25.6 Å². The van der Waals surface area contributed by atoms with Crippen LogP contribution in [0.2, 0.25) is 0 Å². The van der Waals surface area contributed by atoms with Gasteiger partial charge in [-0.25, -0.2) is 4.79 Å². The fourth-order valence-electron chi connectivity index (χ4n) is 2.24. The SMILES string of the molecule is C=CCN(CC=C)C(=O)NC(CCC(=O)O)Cc1ccccc1. The lowest BCUT2D eigenvalue weighted by Gasteiger charge is -2.25. The molecule has 2 N–H and O–H groups in total. The summed E-state index contributed by atoms with van der Waals surface area (Å²) >= 11 is 0. The summed E-state index contributed by atoms with van der Waals surface area (Å²) in [5, 5.41) is 11.8. The number of carboxylic acid groups (broad SMARTS) is 1. The molecule has 5 heteroatoms. The summed E-state index contributed by atoms with van der Waals surface area (Å²) in [6.07, 6.45) is 4.28. The number of urea groups is 1. The third kappa shape index (κ3) is 7.31. The normalized spacial score (nSPS) is 11.3. The zero-order valence-electron chi connectivity index (χ0n) is 13.3. The third-order valence-electron chi connectivity index (χ3n) is 3.35. The van der Waals surface area contributed by atoms with E-state index in [1.807, 2.05) is 30.3 Å². The van der Waals surface area contributed by atoms with Crippen molar-refractivity contribution in [3.8, 4) is 0 Å². The first-order valence-electron chi connectivity index (χ1n) is 7.59.